The van der Waals surface area contributed by atoms with Gasteiger partial charge in [-0.05, 0) is 44.9 Å². The monoisotopic (exact) mass is 269 g/mol. The number of sulfonamides is 1. The Balaban J connectivity index is 1.78. The molecular weight excluding hydrogens is 250 g/mol. The van der Waals surface area contributed by atoms with Gasteiger partial charge in [0.05, 0.1) is 11.4 Å². The quantitative estimate of drug-likeness (QED) is 0.731. The van der Waals surface area contributed by atoms with Gasteiger partial charge in [0.25, 0.3) is 0 Å². The predicted octanol–water partition coefficient (Wildman–Crippen LogP) is 1.27. The average molecular weight is 269 g/mol. The van der Waals surface area contributed by atoms with E-state index in [1.807, 2.05) is 6.92 Å². The second kappa shape index (κ2) is 5.67. The topological polar surface area (TPSA) is 71.1 Å². The lowest BCUT2D eigenvalue weighted by molar-refractivity contribution is 0.593. The van der Waals surface area contributed by atoms with E-state index in [1.54, 1.807) is 18.3 Å². The lowest BCUT2D eigenvalue weighted by Crippen LogP contribution is -2.23. The van der Waals surface area contributed by atoms with Crippen molar-refractivity contribution >= 4 is 15.7 Å². The molecule has 1 saturated carbocycles. The molecule has 0 spiro atoms. The Labute approximate surface area is 108 Å². The summed E-state index contributed by atoms with van der Waals surface area (Å²) < 4.78 is 26.2. The van der Waals surface area contributed by atoms with Crippen LogP contribution in [0, 0.1) is 6.92 Å². The van der Waals surface area contributed by atoms with E-state index in [0.29, 0.717) is 18.2 Å². The molecule has 1 fully saturated rings. The summed E-state index contributed by atoms with van der Waals surface area (Å²) in [4.78, 5) is 4.03. The summed E-state index contributed by atoms with van der Waals surface area (Å²) in [6, 6.07) is 4.01. The van der Waals surface area contributed by atoms with Crippen LogP contribution >= 0.6 is 0 Å². The molecule has 0 saturated heterocycles. The molecule has 1 aliphatic rings. The van der Waals surface area contributed by atoms with Crippen LogP contribution in [0.3, 0.4) is 0 Å². The van der Waals surface area contributed by atoms with Crippen LogP contribution in [-0.2, 0) is 10.0 Å². The van der Waals surface area contributed by atoms with E-state index >= 15 is 0 Å². The highest BCUT2D eigenvalue weighted by atomic mass is 32.2. The minimum atomic E-state index is -3.25. The zero-order chi connectivity index (χ0) is 13.0. The maximum atomic E-state index is 11.8. The van der Waals surface area contributed by atoms with Gasteiger partial charge < -0.3 is 5.32 Å². The number of aromatic nitrogens is 1. The number of anilines is 1. The van der Waals surface area contributed by atoms with Crippen LogP contribution in [0.2, 0.25) is 0 Å². The van der Waals surface area contributed by atoms with Gasteiger partial charge in [-0.1, -0.05) is 0 Å². The molecule has 6 heteroatoms. The second-order valence-electron chi connectivity index (χ2n) is 4.69. The van der Waals surface area contributed by atoms with E-state index in [-0.39, 0.29) is 5.75 Å². The van der Waals surface area contributed by atoms with Crippen LogP contribution in [-0.4, -0.2) is 31.7 Å². The normalized spacial score (nSPS) is 15.6. The third kappa shape index (κ3) is 4.62. The summed E-state index contributed by atoms with van der Waals surface area (Å²) in [6.45, 7) is 2.60. The number of nitrogens with one attached hydrogen (secondary N) is 2. The second-order valence-corrected chi connectivity index (χ2v) is 6.53. The van der Waals surface area contributed by atoms with Crippen LogP contribution in [0.15, 0.2) is 18.3 Å². The molecule has 1 aromatic rings. The van der Waals surface area contributed by atoms with Crippen LogP contribution in [0.5, 0.6) is 0 Å². The standard InChI is InChI=1S/C12H19N3O2S/c1-10-9-12(5-7-13-10)15-18(16,17)8-2-6-14-11-3-4-11/h5,7,9,11,14H,2-4,6,8H2,1H3,(H,13,15). The third-order valence-corrected chi connectivity index (χ3v) is 4.14. The van der Waals surface area contributed by atoms with Crippen molar-refractivity contribution in [3.8, 4) is 0 Å². The Morgan fingerprint density at radius 3 is 2.89 bits per heavy atom. The molecule has 1 aliphatic carbocycles. The first-order valence-corrected chi connectivity index (χ1v) is 7.87. The van der Waals surface area contributed by atoms with Crippen LogP contribution in [0.4, 0.5) is 5.69 Å². The Bertz CT molecular complexity index is 498. The van der Waals surface area contributed by atoms with Gasteiger partial charge in [-0.2, -0.15) is 0 Å². The molecule has 0 unspecified atom stereocenters. The summed E-state index contributed by atoms with van der Waals surface area (Å²) in [5.74, 6) is 0.147. The predicted molar refractivity (Wildman–Crippen MR) is 72.0 cm³/mol. The van der Waals surface area contributed by atoms with Crippen LogP contribution in [0.25, 0.3) is 0 Å². The number of rotatable bonds is 7. The molecule has 18 heavy (non-hydrogen) atoms. The van der Waals surface area contributed by atoms with E-state index in [0.717, 1.165) is 12.2 Å². The van der Waals surface area contributed by atoms with Crippen molar-refractivity contribution in [2.24, 2.45) is 0 Å². The van der Waals surface area contributed by atoms with Crippen molar-refractivity contribution in [1.29, 1.82) is 0 Å². The molecule has 0 aliphatic heterocycles. The summed E-state index contributed by atoms with van der Waals surface area (Å²) in [5.41, 5.74) is 1.38. The number of pyridine rings is 1. The first kappa shape index (κ1) is 13.3. The molecule has 0 radical (unpaired) electrons. The highest BCUT2D eigenvalue weighted by Crippen LogP contribution is 2.18. The fourth-order valence-corrected chi connectivity index (χ4v) is 2.81. The van der Waals surface area contributed by atoms with Crippen molar-refractivity contribution in [2.75, 3.05) is 17.0 Å². The van der Waals surface area contributed by atoms with Gasteiger partial charge in [-0.25, -0.2) is 8.42 Å². The molecule has 0 aromatic carbocycles. The van der Waals surface area contributed by atoms with Crippen molar-refractivity contribution in [3.05, 3.63) is 24.0 Å². The van der Waals surface area contributed by atoms with Gasteiger partial charge in [0.1, 0.15) is 0 Å². The number of aryl methyl sites for hydroxylation is 1. The summed E-state index contributed by atoms with van der Waals surface area (Å²) >= 11 is 0. The zero-order valence-corrected chi connectivity index (χ0v) is 11.3. The smallest absolute Gasteiger partial charge is 0.232 e. The molecule has 2 rings (SSSR count). The molecule has 0 amide bonds. The molecular formula is C12H19N3O2S. The van der Waals surface area contributed by atoms with Gasteiger partial charge in [0.15, 0.2) is 0 Å². The minimum Gasteiger partial charge on any atom is -0.314 e. The zero-order valence-electron chi connectivity index (χ0n) is 10.5. The van der Waals surface area contributed by atoms with E-state index in [9.17, 15) is 8.42 Å². The SMILES string of the molecule is Cc1cc(NS(=O)(=O)CCCNC2CC2)ccn1. The van der Waals surface area contributed by atoms with Crippen molar-refractivity contribution in [3.63, 3.8) is 0 Å². The minimum absolute atomic E-state index is 0.147. The summed E-state index contributed by atoms with van der Waals surface area (Å²) in [7, 11) is -3.25. The highest BCUT2D eigenvalue weighted by molar-refractivity contribution is 7.92. The first-order valence-electron chi connectivity index (χ1n) is 6.22. The van der Waals surface area contributed by atoms with E-state index in [1.165, 1.54) is 12.8 Å². The lowest BCUT2D eigenvalue weighted by atomic mass is 10.3. The Morgan fingerprint density at radius 1 is 1.44 bits per heavy atom. The third-order valence-electron chi connectivity index (χ3n) is 2.77. The van der Waals surface area contributed by atoms with Crippen molar-refractivity contribution in [2.45, 2.75) is 32.2 Å². The maximum absolute atomic E-state index is 11.8. The number of hydrogen-bond donors (Lipinski definition) is 2. The fourth-order valence-electron chi connectivity index (χ4n) is 1.70. The van der Waals surface area contributed by atoms with Gasteiger partial charge in [-0.3, -0.25) is 9.71 Å². The molecule has 1 aromatic heterocycles. The van der Waals surface area contributed by atoms with E-state index < -0.39 is 10.0 Å². The average Bonchev–Trinajstić information content (AvgIpc) is 3.07. The van der Waals surface area contributed by atoms with Gasteiger partial charge in [0.2, 0.25) is 10.0 Å². The molecule has 2 N–H and O–H groups in total. The Morgan fingerprint density at radius 2 is 2.22 bits per heavy atom. The Hall–Kier alpha value is -1.14. The molecule has 5 nitrogen and oxygen atoms in total. The summed E-state index contributed by atoms with van der Waals surface area (Å²) in [5, 5.41) is 3.30. The van der Waals surface area contributed by atoms with E-state index in [2.05, 4.69) is 15.0 Å². The number of nitrogens with zero attached hydrogens (tertiary/aromatic N) is 1. The largest absolute Gasteiger partial charge is 0.314 e. The van der Waals surface area contributed by atoms with Gasteiger partial charge in [0, 0.05) is 17.9 Å². The molecule has 0 bridgehead atoms. The van der Waals surface area contributed by atoms with Gasteiger partial charge >= 0.3 is 0 Å². The Kier molecular flexibility index (Phi) is 4.19. The fraction of sp³-hybridized carbons (Fsp3) is 0.583. The van der Waals surface area contributed by atoms with Crippen LogP contribution in [0.1, 0.15) is 25.0 Å². The molecule has 100 valence electrons. The van der Waals surface area contributed by atoms with Crippen molar-refractivity contribution in [1.82, 2.24) is 10.3 Å². The van der Waals surface area contributed by atoms with Gasteiger partial charge in [-0.15, -0.1) is 0 Å². The summed E-state index contributed by atoms with van der Waals surface area (Å²) in [6.07, 6.45) is 4.68. The first-order chi connectivity index (χ1) is 8.55. The number of hydrogen-bond acceptors (Lipinski definition) is 4. The van der Waals surface area contributed by atoms with Crippen LogP contribution < -0.4 is 10.0 Å². The maximum Gasteiger partial charge on any atom is 0.232 e. The van der Waals surface area contributed by atoms with Crippen molar-refractivity contribution < 1.29 is 8.42 Å². The lowest BCUT2D eigenvalue weighted by Gasteiger charge is -2.08. The molecule has 0 atom stereocenters. The highest BCUT2D eigenvalue weighted by Gasteiger charge is 2.20. The molecule has 1 heterocycles. The van der Waals surface area contributed by atoms with E-state index in [4.69, 9.17) is 0 Å².